The van der Waals surface area contributed by atoms with E-state index in [1.54, 1.807) is 26.5 Å². The first kappa shape index (κ1) is 15.1. The standard InChI is InChI=1S/C16H20N2O3/c1-11(17)12-6-4-5-7-14(12)21-10-13-16(20-3)15(19-2)8-9-18-13/h4-9,11H,10,17H2,1-3H3/t11-/m0/s1. The summed E-state index contributed by atoms with van der Waals surface area (Å²) in [6.45, 7) is 2.21. The number of nitrogens with two attached hydrogens (primary N) is 1. The van der Waals surface area contributed by atoms with Crippen LogP contribution in [0.3, 0.4) is 0 Å². The summed E-state index contributed by atoms with van der Waals surface area (Å²) in [6, 6.07) is 9.36. The molecule has 0 spiro atoms. The van der Waals surface area contributed by atoms with Gasteiger partial charge in [0.05, 0.1) is 14.2 Å². The highest BCUT2D eigenvalue weighted by Crippen LogP contribution is 2.30. The van der Waals surface area contributed by atoms with Gasteiger partial charge in [0.25, 0.3) is 0 Å². The normalized spacial score (nSPS) is 11.8. The molecule has 0 radical (unpaired) electrons. The average molecular weight is 288 g/mol. The third-order valence-electron chi connectivity index (χ3n) is 3.14. The van der Waals surface area contributed by atoms with E-state index in [-0.39, 0.29) is 12.6 Å². The molecule has 1 aromatic heterocycles. The SMILES string of the molecule is COc1ccnc(COc2ccccc2[C@H](C)N)c1OC. The monoisotopic (exact) mass is 288 g/mol. The van der Waals surface area contributed by atoms with Gasteiger partial charge in [-0.1, -0.05) is 18.2 Å². The lowest BCUT2D eigenvalue weighted by Gasteiger charge is -2.15. The summed E-state index contributed by atoms with van der Waals surface area (Å²) < 4.78 is 16.4. The first-order chi connectivity index (χ1) is 10.2. The average Bonchev–Trinajstić information content (AvgIpc) is 2.52. The van der Waals surface area contributed by atoms with Gasteiger partial charge in [0, 0.05) is 23.9 Å². The van der Waals surface area contributed by atoms with Crippen molar-refractivity contribution in [2.24, 2.45) is 5.73 Å². The van der Waals surface area contributed by atoms with Crippen molar-refractivity contribution in [2.45, 2.75) is 19.6 Å². The summed E-state index contributed by atoms with van der Waals surface area (Å²) in [5.74, 6) is 1.96. The van der Waals surface area contributed by atoms with Crippen LogP contribution in [0, 0.1) is 0 Å². The molecular weight excluding hydrogens is 268 g/mol. The first-order valence-electron chi connectivity index (χ1n) is 6.70. The molecule has 2 rings (SSSR count). The third-order valence-corrected chi connectivity index (χ3v) is 3.14. The number of methoxy groups -OCH3 is 2. The van der Waals surface area contributed by atoms with Crippen LogP contribution in [0.25, 0.3) is 0 Å². The molecule has 2 N–H and O–H groups in total. The Morgan fingerprint density at radius 2 is 1.86 bits per heavy atom. The van der Waals surface area contributed by atoms with Crippen LogP contribution in [-0.2, 0) is 6.61 Å². The summed E-state index contributed by atoms with van der Waals surface area (Å²) >= 11 is 0. The fourth-order valence-electron chi connectivity index (χ4n) is 2.09. The van der Waals surface area contributed by atoms with Gasteiger partial charge in [-0.2, -0.15) is 0 Å². The molecular formula is C16H20N2O3. The molecule has 5 heteroatoms. The fourth-order valence-corrected chi connectivity index (χ4v) is 2.09. The molecule has 1 atom stereocenters. The summed E-state index contributed by atoms with van der Waals surface area (Å²) in [4.78, 5) is 4.29. The van der Waals surface area contributed by atoms with Gasteiger partial charge in [-0.3, -0.25) is 4.98 Å². The lowest BCUT2D eigenvalue weighted by Crippen LogP contribution is -2.09. The second-order valence-electron chi connectivity index (χ2n) is 4.61. The van der Waals surface area contributed by atoms with Crippen molar-refractivity contribution >= 4 is 0 Å². The van der Waals surface area contributed by atoms with Gasteiger partial charge in [-0.15, -0.1) is 0 Å². The Bertz CT molecular complexity index is 600. The molecule has 0 saturated heterocycles. The van der Waals surface area contributed by atoms with Crippen molar-refractivity contribution in [3.05, 3.63) is 47.8 Å². The van der Waals surface area contributed by atoms with Gasteiger partial charge in [0.1, 0.15) is 18.1 Å². The number of aromatic nitrogens is 1. The van der Waals surface area contributed by atoms with E-state index in [4.69, 9.17) is 19.9 Å². The first-order valence-corrected chi connectivity index (χ1v) is 6.70. The molecule has 1 aromatic carbocycles. The van der Waals surface area contributed by atoms with Crippen LogP contribution in [0.1, 0.15) is 24.2 Å². The minimum absolute atomic E-state index is 0.0960. The molecule has 0 aliphatic rings. The van der Waals surface area contributed by atoms with Crippen molar-refractivity contribution in [3.63, 3.8) is 0 Å². The summed E-state index contributed by atoms with van der Waals surface area (Å²) in [5, 5.41) is 0. The van der Waals surface area contributed by atoms with E-state index in [1.807, 2.05) is 31.2 Å². The Morgan fingerprint density at radius 3 is 2.52 bits per heavy atom. The molecule has 2 aromatic rings. The molecule has 21 heavy (non-hydrogen) atoms. The molecule has 0 saturated carbocycles. The van der Waals surface area contributed by atoms with Crippen molar-refractivity contribution < 1.29 is 14.2 Å². The lowest BCUT2D eigenvalue weighted by atomic mass is 10.1. The van der Waals surface area contributed by atoms with Crippen LogP contribution in [0.15, 0.2) is 36.5 Å². The molecule has 0 unspecified atom stereocenters. The summed E-state index contributed by atoms with van der Waals surface area (Å²) in [5.41, 5.74) is 7.58. The Morgan fingerprint density at radius 1 is 1.10 bits per heavy atom. The zero-order chi connectivity index (χ0) is 15.2. The van der Waals surface area contributed by atoms with Crippen LogP contribution in [0.5, 0.6) is 17.2 Å². The van der Waals surface area contributed by atoms with Crippen molar-refractivity contribution in [2.75, 3.05) is 14.2 Å². The van der Waals surface area contributed by atoms with Gasteiger partial charge in [0.15, 0.2) is 11.5 Å². The van der Waals surface area contributed by atoms with Gasteiger partial charge in [-0.25, -0.2) is 0 Å². The molecule has 0 amide bonds. The smallest absolute Gasteiger partial charge is 0.185 e. The van der Waals surface area contributed by atoms with Crippen LogP contribution in [-0.4, -0.2) is 19.2 Å². The van der Waals surface area contributed by atoms with Crippen molar-refractivity contribution in [3.8, 4) is 17.2 Å². The second kappa shape index (κ2) is 6.95. The molecule has 1 heterocycles. The van der Waals surface area contributed by atoms with E-state index in [0.717, 1.165) is 11.3 Å². The summed E-state index contributed by atoms with van der Waals surface area (Å²) in [7, 11) is 3.17. The van der Waals surface area contributed by atoms with E-state index in [1.165, 1.54) is 0 Å². The molecule has 5 nitrogen and oxygen atoms in total. The predicted molar refractivity (Wildman–Crippen MR) is 80.7 cm³/mol. The molecule has 0 aliphatic heterocycles. The Labute approximate surface area is 124 Å². The van der Waals surface area contributed by atoms with E-state index in [2.05, 4.69) is 4.98 Å². The highest BCUT2D eigenvalue weighted by atomic mass is 16.5. The third kappa shape index (κ3) is 3.44. The van der Waals surface area contributed by atoms with Gasteiger partial charge < -0.3 is 19.9 Å². The van der Waals surface area contributed by atoms with E-state index in [0.29, 0.717) is 17.2 Å². The van der Waals surface area contributed by atoms with E-state index in [9.17, 15) is 0 Å². The topological polar surface area (TPSA) is 66.6 Å². The van der Waals surface area contributed by atoms with E-state index >= 15 is 0 Å². The minimum Gasteiger partial charge on any atom is -0.493 e. The maximum absolute atomic E-state index is 5.94. The number of benzene rings is 1. The van der Waals surface area contributed by atoms with Crippen LogP contribution < -0.4 is 19.9 Å². The van der Waals surface area contributed by atoms with Gasteiger partial charge in [-0.05, 0) is 13.0 Å². The number of para-hydroxylation sites is 1. The highest BCUT2D eigenvalue weighted by Gasteiger charge is 2.13. The number of hydrogen-bond donors (Lipinski definition) is 1. The largest absolute Gasteiger partial charge is 0.493 e. The Balaban J connectivity index is 2.21. The van der Waals surface area contributed by atoms with Gasteiger partial charge >= 0.3 is 0 Å². The maximum Gasteiger partial charge on any atom is 0.185 e. The highest BCUT2D eigenvalue weighted by molar-refractivity contribution is 5.43. The Hall–Kier alpha value is -2.27. The number of hydrogen-bond acceptors (Lipinski definition) is 5. The quantitative estimate of drug-likeness (QED) is 0.885. The number of pyridine rings is 1. The van der Waals surface area contributed by atoms with Crippen molar-refractivity contribution in [1.82, 2.24) is 4.98 Å². The molecule has 0 aliphatic carbocycles. The van der Waals surface area contributed by atoms with Crippen LogP contribution >= 0.6 is 0 Å². The molecule has 112 valence electrons. The maximum atomic E-state index is 5.94. The van der Waals surface area contributed by atoms with Crippen LogP contribution in [0.4, 0.5) is 0 Å². The minimum atomic E-state index is -0.0960. The summed E-state index contributed by atoms with van der Waals surface area (Å²) in [6.07, 6.45) is 1.66. The zero-order valence-corrected chi connectivity index (χ0v) is 12.5. The van der Waals surface area contributed by atoms with Gasteiger partial charge in [0.2, 0.25) is 0 Å². The fraction of sp³-hybridized carbons (Fsp3) is 0.312. The molecule has 0 bridgehead atoms. The number of ether oxygens (including phenoxy) is 3. The number of rotatable bonds is 6. The van der Waals surface area contributed by atoms with Crippen molar-refractivity contribution in [1.29, 1.82) is 0 Å². The predicted octanol–water partition coefficient (Wildman–Crippen LogP) is 2.70. The second-order valence-corrected chi connectivity index (χ2v) is 4.61. The number of nitrogens with zero attached hydrogens (tertiary/aromatic N) is 1. The lowest BCUT2D eigenvalue weighted by molar-refractivity contribution is 0.281. The van der Waals surface area contributed by atoms with E-state index < -0.39 is 0 Å². The van der Waals surface area contributed by atoms with Crippen LogP contribution in [0.2, 0.25) is 0 Å². The zero-order valence-electron chi connectivity index (χ0n) is 12.5. The molecule has 0 fully saturated rings. The Kier molecular flexibility index (Phi) is 5.00.